The lowest BCUT2D eigenvalue weighted by molar-refractivity contribution is 0.416. The summed E-state index contributed by atoms with van der Waals surface area (Å²) >= 11 is 3.64. The van der Waals surface area contributed by atoms with Gasteiger partial charge in [0.05, 0.1) is 15.9 Å². The van der Waals surface area contributed by atoms with Gasteiger partial charge in [-0.1, -0.05) is 13.3 Å². The lowest BCUT2D eigenvalue weighted by Crippen LogP contribution is -2.31. The van der Waals surface area contributed by atoms with Crippen LogP contribution in [0.15, 0.2) is 4.47 Å². The second kappa shape index (κ2) is 5.53. The molecular weight excluding hydrogens is 278 g/mol. The normalized spacial score (nSPS) is 24.5. The molecule has 96 valence electrons. The number of nitrogens with zero attached hydrogens (tertiary/aromatic N) is 2. The highest BCUT2D eigenvalue weighted by Gasteiger charge is 2.23. The van der Waals surface area contributed by atoms with Crippen LogP contribution in [0.1, 0.15) is 44.5 Å². The summed E-state index contributed by atoms with van der Waals surface area (Å²) in [7, 11) is 0. The van der Waals surface area contributed by atoms with Crippen molar-refractivity contribution in [3.05, 3.63) is 15.9 Å². The molecule has 0 saturated heterocycles. The third-order valence-electron chi connectivity index (χ3n) is 3.85. The highest BCUT2D eigenvalue weighted by molar-refractivity contribution is 9.10. The van der Waals surface area contributed by atoms with Gasteiger partial charge in [-0.25, -0.2) is 0 Å². The Labute approximate surface area is 112 Å². The van der Waals surface area contributed by atoms with Crippen LogP contribution >= 0.6 is 15.9 Å². The maximum absolute atomic E-state index is 4.52. The van der Waals surface area contributed by atoms with Crippen molar-refractivity contribution >= 4 is 15.9 Å². The molecule has 17 heavy (non-hydrogen) atoms. The third kappa shape index (κ3) is 2.74. The molecule has 1 N–H and O–H groups in total. The molecule has 3 nitrogen and oxygen atoms in total. The van der Waals surface area contributed by atoms with E-state index < -0.39 is 0 Å². The second-order valence-corrected chi connectivity index (χ2v) is 5.85. The molecule has 0 spiro atoms. The summed E-state index contributed by atoms with van der Waals surface area (Å²) in [6.07, 6.45) is 4.05. The minimum atomic E-state index is 0.683. The minimum absolute atomic E-state index is 0.683. The average Bonchev–Trinajstić information content (AvgIpc) is 2.83. The van der Waals surface area contributed by atoms with E-state index in [-0.39, 0.29) is 0 Å². The molecule has 0 aliphatic heterocycles. The van der Waals surface area contributed by atoms with Gasteiger partial charge in [0.2, 0.25) is 0 Å². The molecule has 1 saturated carbocycles. The van der Waals surface area contributed by atoms with Crippen LogP contribution in [0, 0.1) is 12.8 Å². The van der Waals surface area contributed by atoms with E-state index in [1.807, 2.05) is 0 Å². The molecule has 2 rings (SSSR count). The number of hydrogen-bond donors (Lipinski definition) is 1. The molecule has 0 amide bonds. The van der Waals surface area contributed by atoms with Gasteiger partial charge in [-0.05, 0) is 48.5 Å². The number of aryl methyl sites for hydroxylation is 2. The molecule has 1 heterocycles. The zero-order chi connectivity index (χ0) is 12.4. The number of aromatic nitrogens is 2. The van der Waals surface area contributed by atoms with E-state index in [9.17, 15) is 0 Å². The van der Waals surface area contributed by atoms with E-state index in [0.29, 0.717) is 6.04 Å². The molecule has 0 radical (unpaired) electrons. The van der Waals surface area contributed by atoms with Crippen molar-refractivity contribution in [1.82, 2.24) is 15.1 Å². The standard InChI is InChI=1S/C13H22BrN3/c1-4-17-12(13(14)10(3)16-17)8-15-11-7-5-6-9(11)2/h9,11,15H,4-8H2,1-3H3. The fourth-order valence-electron chi connectivity index (χ4n) is 2.71. The van der Waals surface area contributed by atoms with Crippen LogP contribution in [0.25, 0.3) is 0 Å². The Bertz CT molecular complexity index is 386. The molecule has 4 heteroatoms. The molecule has 1 aromatic heterocycles. The molecule has 1 aliphatic carbocycles. The van der Waals surface area contributed by atoms with Crippen LogP contribution in [0.3, 0.4) is 0 Å². The van der Waals surface area contributed by atoms with Crippen LogP contribution in [0.5, 0.6) is 0 Å². The van der Waals surface area contributed by atoms with Gasteiger partial charge in [0.15, 0.2) is 0 Å². The van der Waals surface area contributed by atoms with Gasteiger partial charge in [-0.15, -0.1) is 0 Å². The van der Waals surface area contributed by atoms with Crippen molar-refractivity contribution in [3.8, 4) is 0 Å². The summed E-state index contributed by atoms with van der Waals surface area (Å²) in [5.74, 6) is 0.813. The first-order chi connectivity index (χ1) is 8.13. The number of hydrogen-bond acceptors (Lipinski definition) is 2. The van der Waals surface area contributed by atoms with Gasteiger partial charge >= 0.3 is 0 Å². The van der Waals surface area contributed by atoms with Crippen LogP contribution in [-0.4, -0.2) is 15.8 Å². The SMILES string of the molecule is CCn1nc(C)c(Br)c1CNC1CCCC1C. The van der Waals surface area contributed by atoms with Crippen LogP contribution in [-0.2, 0) is 13.1 Å². The third-order valence-corrected chi connectivity index (χ3v) is 4.88. The summed E-state index contributed by atoms with van der Waals surface area (Å²) in [5.41, 5.74) is 2.37. The van der Waals surface area contributed by atoms with Crippen LogP contribution in [0.4, 0.5) is 0 Å². The first-order valence-corrected chi connectivity index (χ1v) is 7.38. The van der Waals surface area contributed by atoms with Gasteiger partial charge in [-0.2, -0.15) is 5.10 Å². The topological polar surface area (TPSA) is 29.9 Å². The average molecular weight is 300 g/mol. The van der Waals surface area contributed by atoms with E-state index in [0.717, 1.165) is 29.2 Å². The highest BCUT2D eigenvalue weighted by atomic mass is 79.9. The smallest absolute Gasteiger partial charge is 0.0739 e. The summed E-state index contributed by atoms with van der Waals surface area (Å²) in [4.78, 5) is 0. The van der Waals surface area contributed by atoms with E-state index >= 15 is 0 Å². The monoisotopic (exact) mass is 299 g/mol. The van der Waals surface area contributed by atoms with Crippen LogP contribution in [0.2, 0.25) is 0 Å². The Kier molecular flexibility index (Phi) is 4.26. The van der Waals surface area contributed by atoms with E-state index in [4.69, 9.17) is 0 Å². The number of nitrogens with one attached hydrogen (secondary N) is 1. The maximum atomic E-state index is 4.52. The molecule has 2 atom stereocenters. The van der Waals surface area contributed by atoms with Crippen molar-refractivity contribution in [2.75, 3.05) is 0 Å². The minimum Gasteiger partial charge on any atom is -0.308 e. The summed E-state index contributed by atoms with van der Waals surface area (Å²) in [5, 5.41) is 8.21. The van der Waals surface area contributed by atoms with Crippen molar-refractivity contribution in [1.29, 1.82) is 0 Å². The number of rotatable bonds is 4. The first-order valence-electron chi connectivity index (χ1n) is 6.58. The Balaban J connectivity index is 2.03. The van der Waals surface area contributed by atoms with Gasteiger partial charge in [0.1, 0.15) is 0 Å². The Hall–Kier alpha value is -0.350. The summed E-state index contributed by atoms with van der Waals surface area (Å²) in [6, 6.07) is 0.683. The zero-order valence-electron chi connectivity index (χ0n) is 11.0. The van der Waals surface area contributed by atoms with Crippen molar-refractivity contribution in [3.63, 3.8) is 0 Å². The predicted octanol–water partition coefficient (Wildman–Crippen LogP) is 3.25. The van der Waals surface area contributed by atoms with Crippen molar-refractivity contribution < 1.29 is 0 Å². The highest BCUT2D eigenvalue weighted by Crippen LogP contribution is 2.26. The maximum Gasteiger partial charge on any atom is 0.0739 e. The van der Waals surface area contributed by atoms with Gasteiger partial charge < -0.3 is 5.32 Å². The molecule has 0 bridgehead atoms. The Morgan fingerprint density at radius 3 is 2.82 bits per heavy atom. The lowest BCUT2D eigenvalue weighted by atomic mass is 10.1. The summed E-state index contributed by atoms with van der Waals surface area (Å²) < 4.78 is 3.25. The zero-order valence-corrected chi connectivity index (χ0v) is 12.5. The summed E-state index contributed by atoms with van der Waals surface area (Å²) in [6.45, 7) is 8.40. The molecule has 1 fully saturated rings. The fraction of sp³-hybridized carbons (Fsp3) is 0.769. The van der Waals surface area contributed by atoms with E-state index in [1.165, 1.54) is 25.0 Å². The fourth-order valence-corrected chi connectivity index (χ4v) is 3.14. The van der Waals surface area contributed by atoms with Gasteiger partial charge in [0.25, 0.3) is 0 Å². The molecular formula is C13H22BrN3. The molecule has 0 aromatic carbocycles. The number of halogens is 1. The van der Waals surface area contributed by atoms with Gasteiger partial charge in [0, 0.05) is 19.1 Å². The largest absolute Gasteiger partial charge is 0.308 e. The second-order valence-electron chi connectivity index (χ2n) is 5.06. The predicted molar refractivity (Wildman–Crippen MR) is 74.0 cm³/mol. The van der Waals surface area contributed by atoms with Crippen molar-refractivity contribution in [2.45, 2.75) is 59.2 Å². The van der Waals surface area contributed by atoms with Gasteiger partial charge in [-0.3, -0.25) is 4.68 Å². The van der Waals surface area contributed by atoms with Crippen molar-refractivity contribution in [2.24, 2.45) is 5.92 Å². The van der Waals surface area contributed by atoms with E-state index in [1.54, 1.807) is 0 Å². The first kappa shape index (κ1) is 13.1. The van der Waals surface area contributed by atoms with Crippen LogP contribution < -0.4 is 5.32 Å². The quantitative estimate of drug-likeness (QED) is 0.925. The molecule has 1 aliphatic rings. The van der Waals surface area contributed by atoms with E-state index in [2.05, 4.69) is 51.8 Å². The Morgan fingerprint density at radius 1 is 1.47 bits per heavy atom. The lowest BCUT2D eigenvalue weighted by Gasteiger charge is -2.17. The molecule has 1 aromatic rings. The molecule has 2 unspecified atom stereocenters. The Morgan fingerprint density at radius 2 is 2.24 bits per heavy atom.